The molecule has 0 aliphatic rings. The van der Waals surface area contributed by atoms with Crippen molar-refractivity contribution in [3.05, 3.63) is 29.3 Å². The van der Waals surface area contributed by atoms with Crippen molar-refractivity contribution < 1.29 is 0 Å². The molecule has 2 nitrogen and oxygen atoms in total. The Morgan fingerprint density at radius 1 is 1.11 bits per heavy atom. The Labute approximate surface area is 111 Å². The fraction of sp³-hybridized carbons (Fsp3) is 0.562. The van der Waals surface area contributed by atoms with Gasteiger partial charge in [0, 0.05) is 12.2 Å². The highest BCUT2D eigenvalue weighted by Crippen LogP contribution is 2.21. The topological polar surface area (TPSA) is 35.8 Å². The van der Waals surface area contributed by atoms with Crippen LogP contribution in [0.1, 0.15) is 44.2 Å². The number of benzene rings is 1. The van der Waals surface area contributed by atoms with Gasteiger partial charge in [-0.15, -0.1) is 0 Å². The zero-order valence-electron chi connectivity index (χ0n) is 12.0. The van der Waals surface area contributed by atoms with Gasteiger partial charge in [0.15, 0.2) is 0 Å². The summed E-state index contributed by atoms with van der Waals surface area (Å²) in [5, 5.41) is 12.4. The van der Waals surface area contributed by atoms with Crippen LogP contribution >= 0.6 is 0 Å². The Morgan fingerprint density at radius 3 is 2.28 bits per heavy atom. The molecule has 0 radical (unpaired) electrons. The van der Waals surface area contributed by atoms with E-state index >= 15 is 0 Å². The summed E-state index contributed by atoms with van der Waals surface area (Å²) in [6.45, 7) is 9.22. The summed E-state index contributed by atoms with van der Waals surface area (Å²) in [6, 6.07) is 8.87. The number of nitrogens with zero attached hydrogens (tertiary/aromatic N) is 1. The highest BCUT2D eigenvalue weighted by molar-refractivity contribution is 5.48. The van der Waals surface area contributed by atoms with E-state index in [9.17, 15) is 0 Å². The third-order valence-electron chi connectivity index (χ3n) is 3.08. The summed E-state index contributed by atoms with van der Waals surface area (Å²) >= 11 is 0. The van der Waals surface area contributed by atoms with E-state index < -0.39 is 0 Å². The molecule has 0 amide bonds. The van der Waals surface area contributed by atoms with Crippen molar-refractivity contribution >= 4 is 5.69 Å². The molecule has 0 aromatic heterocycles. The van der Waals surface area contributed by atoms with Crippen LogP contribution in [-0.2, 0) is 0 Å². The molecule has 0 spiro atoms. The number of nitriles is 1. The molecule has 18 heavy (non-hydrogen) atoms. The van der Waals surface area contributed by atoms with Crippen LogP contribution in [0, 0.1) is 30.6 Å². The van der Waals surface area contributed by atoms with Gasteiger partial charge in [0.25, 0.3) is 0 Å². The number of aryl methyl sites for hydroxylation is 2. The highest BCUT2D eigenvalue weighted by atomic mass is 14.9. The molecule has 0 atom stereocenters. The lowest BCUT2D eigenvalue weighted by Crippen LogP contribution is -2.09. The molecule has 0 aliphatic heterocycles. The van der Waals surface area contributed by atoms with Crippen molar-refractivity contribution in [2.75, 3.05) is 11.9 Å². The normalized spacial score (nSPS) is 11.1. The molecule has 0 bridgehead atoms. The summed E-state index contributed by atoms with van der Waals surface area (Å²) in [4.78, 5) is 0. The van der Waals surface area contributed by atoms with Crippen LogP contribution < -0.4 is 5.32 Å². The van der Waals surface area contributed by atoms with E-state index in [4.69, 9.17) is 5.26 Å². The molecule has 0 fully saturated rings. The maximum absolute atomic E-state index is 8.92. The summed E-state index contributed by atoms with van der Waals surface area (Å²) in [5.41, 5.74) is 3.61. The molecule has 0 saturated carbocycles. The molecule has 0 aliphatic carbocycles. The van der Waals surface area contributed by atoms with E-state index in [1.807, 2.05) is 13.8 Å². The smallest absolute Gasteiger partial charge is 0.0683 e. The first-order valence-corrected chi connectivity index (χ1v) is 6.66. The second-order valence-electron chi connectivity index (χ2n) is 5.76. The van der Waals surface area contributed by atoms with E-state index in [1.54, 1.807) is 0 Å². The Morgan fingerprint density at radius 2 is 1.72 bits per heavy atom. The van der Waals surface area contributed by atoms with E-state index in [-0.39, 0.29) is 5.41 Å². The minimum Gasteiger partial charge on any atom is -0.385 e. The first-order valence-electron chi connectivity index (χ1n) is 6.66. The van der Waals surface area contributed by atoms with E-state index in [1.165, 1.54) is 16.8 Å². The minimum absolute atomic E-state index is 0.181. The molecule has 0 saturated heterocycles. The van der Waals surface area contributed by atoms with Crippen molar-refractivity contribution in [1.29, 1.82) is 5.26 Å². The maximum Gasteiger partial charge on any atom is 0.0683 e. The Hall–Kier alpha value is -1.49. The van der Waals surface area contributed by atoms with E-state index in [0.717, 1.165) is 25.8 Å². The number of unbranched alkanes of at least 4 members (excludes halogenated alkanes) is 1. The molecular weight excluding hydrogens is 220 g/mol. The number of hydrogen-bond donors (Lipinski definition) is 1. The van der Waals surface area contributed by atoms with Crippen molar-refractivity contribution in [3.63, 3.8) is 0 Å². The van der Waals surface area contributed by atoms with Gasteiger partial charge in [0.2, 0.25) is 0 Å². The predicted molar refractivity (Wildman–Crippen MR) is 77.7 cm³/mol. The number of rotatable bonds is 6. The van der Waals surface area contributed by atoms with E-state index in [2.05, 4.69) is 43.4 Å². The molecule has 0 heterocycles. The third kappa shape index (κ3) is 5.23. The summed E-state index contributed by atoms with van der Waals surface area (Å²) in [7, 11) is 0. The van der Waals surface area contributed by atoms with Gasteiger partial charge in [0.05, 0.1) is 11.5 Å². The number of nitrogens with one attached hydrogen (secondary N) is 1. The number of anilines is 1. The van der Waals surface area contributed by atoms with Crippen molar-refractivity contribution in [3.8, 4) is 6.07 Å². The van der Waals surface area contributed by atoms with Gasteiger partial charge in [-0.25, -0.2) is 0 Å². The summed E-state index contributed by atoms with van der Waals surface area (Å²) < 4.78 is 0. The molecule has 1 N–H and O–H groups in total. The second kappa shape index (κ2) is 6.44. The molecule has 1 aromatic rings. The molecule has 2 heteroatoms. The largest absolute Gasteiger partial charge is 0.385 e. The van der Waals surface area contributed by atoms with Gasteiger partial charge >= 0.3 is 0 Å². The zero-order chi connectivity index (χ0) is 13.6. The van der Waals surface area contributed by atoms with Crippen LogP contribution in [0.5, 0.6) is 0 Å². The van der Waals surface area contributed by atoms with Gasteiger partial charge in [-0.05, 0) is 63.8 Å². The molecule has 98 valence electrons. The molecule has 1 aromatic carbocycles. The SMILES string of the molecule is Cc1cc(C)cc(NCCCCC(C)(C)C#N)c1. The fourth-order valence-electron chi connectivity index (χ4n) is 2.06. The van der Waals surface area contributed by atoms with Gasteiger partial charge in [0.1, 0.15) is 0 Å². The first-order chi connectivity index (χ1) is 8.43. The standard InChI is InChI=1S/C16H24N2/c1-13-9-14(2)11-15(10-13)18-8-6-5-7-16(3,4)12-17/h9-11,18H,5-8H2,1-4H3. The first kappa shape index (κ1) is 14.6. The molecule has 0 unspecified atom stereocenters. The molecule has 1 rings (SSSR count). The van der Waals surface area contributed by atoms with Crippen molar-refractivity contribution in [2.24, 2.45) is 5.41 Å². The number of hydrogen-bond acceptors (Lipinski definition) is 2. The average molecular weight is 244 g/mol. The van der Waals surface area contributed by atoms with Crippen LogP contribution in [0.4, 0.5) is 5.69 Å². The van der Waals surface area contributed by atoms with Crippen LogP contribution in [0.2, 0.25) is 0 Å². The fourth-order valence-corrected chi connectivity index (χ4v) is 2.06. The average Bonchev–Trinajstić information content (AvgIpc) is 2.27. The Kier molecular flexibility index (Phi) is 5.22. The van der Waals surface area contributed by atoms with Crippen LogP contribution in [0.15, 0.2) is 18.2 Å². The second-order valence-corrected chi connectivity index (χ2v) is 5.76. The third-order valence-corrected chi connectivity index (χ3v) is 3.08. The lowest BCUT2D eigenvalue weighted by molar-refractivity contribution is 0.430. The van der Waals surface area contributed by atoms with Gasteiger partial charge in [-0.2, -0.15) is 5.26 Å². The quantitative estimate of drug-likeness (QED) is 0.751. The Balaban J connectivity index is 2.28. The van der Waals surface area contributed by atoms with Crippen molar-refractivity contribution in [1.82, 2.24) is 0 Å². The van der Waals surface area contributed by atoms with Gasteiger partial charge < -0.3 is 5.32 Å². The van der Waals surface area contributed by atoms with Gasteiger partial charge in [-0.3, -0.25) is 0 Å². The van der Waals surface area contributed by atoms with Crippen LogP contribution in [0.25, 0.3) is 0 Å². The minimum atomic E-state index is -0.181. The summed E-state index contributed by atoms with van der Waals surface area (Å²) in [5.74, 6) is 0. The Bertz CT molecular complexity index is 407. The van der Waals surface area contributed by atoms with Crippen molar-refractivity contribution in [2.45, 2.75) is 47.0 Å². The summed E-state index contributed by atoms with van der Waals surface area (Å²) in [6.07, 6.45) is 3.18. The lowest BCUT2D eigenvalue weighted by Gasteiger charge is -2.14. The monoisotopic (exact) mass is 244 g/mol. The van der Waals surface area contributed by atoms with E-state index in [0.29, 0.717) is 0 Å². The maximum atomic E-state index is 8.92. The predicted octanol–water partition coefficient (Wildman–Crippen LogP) is 4.44. The lowest BCUT2D eigenvalue weighted by atomic mass is 9.89. The van der Waals surface area contributed by atoms with Crippen LogP contribution in [0.3, 0.4) is 0 Å². The zero-order valence-corrected chi connectivity index (χ0v) is 12.0. The van der Waals surface area contributed by atoms with Crippen LogP contribution in [-0.4, -0.2) is 6.54 Å². The molecular formula is C16H24N2. The van der Waals surface area contributed by atoms with Gasteiger partial charge in [-0.1, -0.05) is 12.5 Å². The highest BCUT2D eigenvalue weighted by Gasteiger charge is 2.15.